The van der Waals surface area contributed by atoms with Gasteiger partial charge in [0.2, 0.25) is 11.8 Å². The second-order valence-corrected chi connectivity index (χ2v) is 6.85. The van der Waals surface area contributed by atoms with Gasteiger partial charge >= 0.3 is 0 Å². The third kappa shape index (κ3) is 2.48. The Morgan fingerprint density at radius 3 is 2.35 bits per heavy atom. The molecule has 1 N–H and O–H groups in total. The van der Waals surface area contributed by atoms with Crippen LogP contribution in [-0.2, 0) is 9.59 Å². The summed E-state index contributed by atoms with van der Waals surface area (Å²) in [6.45, 7) is 8.20. The van der Waals surface area contributed by atoms with E-state index in [-0.39, 0.29) is 11.8 Å². The maximum Gasteiger partial charge on any atom is 0.249 e. The first-order chi connectivity index (χ1) is 9.29. The molecule has 4 nitrogen and oxygen atoms in total. The molecule has 1 saturated heterocycles. The number of amides is 2. The van der Waals surface area contributed by atoms with Gasteiger partial charge in [-0.2, -0.15) is 0 Å². The highest BCUT2D eigenvalue weighted by Crippen LogP contribution is 2.36. The molecule has 2 aliphatic rings. The third-order valence-corrected chi connectivity index (χ3v) is 4.63. The van der Waals surface area contributed by atoms with Crippen molar-refractivity contribution in [1.29, 1.82) is 0 Å². The van der Waals surface area contributed by atoms with E-state index >= 15 is 0 Å². The molecule has 2 rings (SSSR count). The predicted octanol–water partition coefficient (Wildman–Crippen LogP) is 2.39. The first-order valence-corrected chi connectivity index (χ1v) is 7.58. The molecule has 1 saturated carbocycles. The lowest BCUT2D eigenvalue weighted by Gasteiger charge is -2.51. The number of carbonyl (C=O) groups excluding carboxylic acids is 2. The Balaban J connectivity index is 2.32. The third-order valence-electron chi connectivity index (χ3n) is 4.63. The molecule has 0 radical (unpaired) electrons. The van der Waals surface area contributed by atoms with Gasteiger partial charge in [-0.25, -0.2) is 0 Å². The maximum absolute atomic E-state index is 13.0. The van der Waals surface area contributed by atoms with Crippen molar-refractivity contribution < 1.29 is 9.59 Å². The predicted molar refractivity (Wildman–Crippen MR) is 79.2 cm³/mol. The first-order valence-electron chi connectivity index (χ1n) is 7.58. The number of carbonyl (C=O) groups is 2. The number of hydrogen-bond acceptors (Lipinski definition) is 2. The Morgan fingerprint density at radius 2 is 1.80 bits per heavy atom. The molecule has 1 aliphatic carbocycles. The van der Waals surface area contributed by atoms with E-state index in [1.54, 1.807) is 4.90 Å². The van der Waals surface area contributed by atoms with Gasteiger partial charge in [-0.15, -0.1) is 0 Å². The van der Waals surface area contributed by atoms with E-state index in [9.17, 15) is 9.59 Å². The van der Waals surface area contributed by atoms with Gasteiger partial charge in [0.1, 0.15) is 11.1 Å². The zero-order chi connectivity index (χ0) is 15.0. The Labute approximate surface area is 121 Å². The molecule has 0 aromatic rings. The van der Waals surface area contributed by atoms with E-state index in [0.717, 1.165) is 37.7 Å². The lowest BCUT2D eigenvalue weighted by molar-refractivity contribution is -0.161. The highest BCUT2D eigenvalue weighted by atomic mass is 16.2. The van der Waals surface area contributed by atoms with Crippen LogP contribution in [0.1, 0.15) is 59.8 Å². The molecule has 0 bridgehead atoms. The highest BCUT2D eigenvalue weighted by Gasteiger charge is 2.54. The van der Waals surface area contributed by atoms with Gasteiger partial charge in [0.25, 0.3) is 0 Å². The molecule has 112 valence electrons. The van der Waals surface area contributed by atoms with Crippen molar-refractivity contribution in [3.05, 3.63) is 11.6 Å². The zero-order valence-corrected chi connectivity index (χ0v) is 13.1. The summed E-state index contributed by atoms with van der Waals surface area (Å²) in [6.07, 6.45) is 6.76. The summed E-state index contributed by atoms with van der Waals surface area (Å²) >= 11 is 0. The molecule has 0 unspecified atom stereocenters. The van der Waals surface area contributed by atoms with Crippen LogP contribution in [0, 0.1) is 0 Å². The number of piperazine rings is 1. The van der Waals surface area contributed by atoms with E-state index in [1.807, 2.05) is 33.8 Å². The van der Waals surface area contributed by atoms with Gasteiger partial charge < -0.3 is 10.2 Å². The van der Waals surface area contributed by atoms with Crippen LogP contribution in [0.2, 0.25) is 0 Å². The monoisotopic (exact) mass is 278 g/mol. The molecule has 0 aromatic carbocycles. The fraction of sp³-hybridized carbons (Fsp3) is 0.750. The fourth-order valence-corrected chi connectivity index (χ4v) is 3.14. The lowest BCUT2D eigenvalue weighted by atomic mass is 9.76. The van der Waals surface area contributed by atoms with Gasteiger partial charge in [0, 0.05) is 6.54 Å². The van der Waals surface area contributed by atoms with Crippen molar-refractivity contribution in [2.75, 3.05) is 6.54 Å². The Morgan fingerprint density at radius 1 is 1.20 bits per heavy atom. The normalized spacial score (nSPS) is 24.5. The van der Waals surface area contributed by atoms with E-state index < -0.39 is 11.1 Å². The van der Waals surface area contributed by atoms with Crippen molar-refractivity contribution in [1.82, 2.24) is 10.2 Å². The van der Waals surface area contributed by atoms with Crippen molar-refractivity contribution in [2.45, 2.75) is 70.9 Å². The molecule has 4 heteroatoms. The average Bonchev–Trinajstić information content (AvgIpc) is 2.37. The maximum atomic E-state index is 13.0. The molecule has 1 heterocycles. The standard InChI is InChI=1S/C16H26N2O2/c1-12(2)8-11-18-14(20)16(9-6-5-7-10-16)17-13(19)15(18,3)4/h8H,5-7,9-11H2,1-4H3,(H,17,19). The first kappa shape index (κ1) is 15.1. The zero-order valence-electron chi connectivity index (χ0n) is 13.1. The minimum absolute atomic E-state index is 0.0267. The summed E-state index contributed by atoms with van der Waals surface area (Å²) in [4.78, 5) is 27.2. The van der Waals surface area contributed by atoms with E-state index in [0.29, 0.717) is 6.54 Å². The molecular formula is C16H26N2O2. The minimum Gasteiger partial charge on any atom is -0.340 e. The van der Waals surface area contributed by atoms with Gasteiger partial charge in [-0.1, -0.05) is 30.9 Å². The van der Waals surface area contributed by atoms with Crippen molar-refractivity contribution in [3.63, 3.8) is 0 Å². The molecule has 0 aromatic heterocycles. The summed E-state index contributed by atoms with van der Waals surface area (Å²) < 4.78 is 0. The second-order valence-electron chi connectivity index (χ2n) is 6.85. The van der Waals surface area contributed by atoms with Crippen LogP contribution in [-0.4, -0.2) is 34.3 Å². The Hall–Kier alpha value is -1.32. The highest BCUT2D eigenvalue weighted by molar-refractivity contribution is 6.02. The molecule has 0 atom stereocenters. The molecule has 20 heavy (non-hydrogen) atoms. The molecule has 1 aliphatic heterocycles. The van der Waals surface area contributed by atoms with Gasteiger partial charge in [-0.3, -0.25) is 9.59 Å². The molecule has 2 fully saturated rings. The van der Waals surface area contributed by atoms with Crippen LogP contribution >= 0.6 is 0 Å². The van der Waals surface area contributed by atoms with Gasteiger partial charge in [0.15, 0.2) is 0 Å². The Kier molecular flexibility index (Phi) is 3.94. The van der Waals surface area contributed by atoms with Crippen LogP contribution in [0.4, 0.5) is 0 Å². The van der Waals surface area contributed by atoms with Crippen molar-refractivity contribution >= 4 is 11.8 Å². The van der Waals surface area contributed by atoms with E-state index in [2.05, 4.69) is 5.32 Å². The number of nitrogens with zero attached hydrogens (tertiary/aromatic N) is 1. The smallest absolute Gasteiger partial charge is 0.249 e. The minimum atomic E-state index is -0.772. The molecule has 1 spiro atoms. The fourth-order valence-electron chi connectivity index (χ4n) is 3.14. The quantitative estimate of drug-likeness (QED) is 0.789. The summed E-state index contributed by atoms with van der Waals surface area (Å²) in [5, 5.41) is 3.04. The van der Waals surface area contributed by atoms with Gasteiger partial charge in [0.05, 0.1) is 0 Å². The number of hydrogen-bond donors (Lipinski definition) is 1. The lowest BCUT2D eigenvalue weighted by Crippen LogP contribution is -2.74. The average molecular weight is 278 g/mol. The van der Waals surface area contributed by atoms with E-state index in [4.69, 9.17) is 0 Å². The Bertz CT molecular complexity index is 441. The number of rotatable bonds is 2. The summed E-state index contributed by atoms with van der Waals surface area (Å²) in [7, 11) is 0. The SMILES string of the molecule is CC(C)=CCN1C(=O)C2(CCCCC2)NC(=O)C1(C)C. The van der Waals surface area contributed by atoms with E-state index in [1.165, 1.54) is 0 Å². The number of allylic oxidation sites excluding steroid dienone is 1. The molecule has 2 amide bonds. The molecular weight excluding hydrogens is 252 g/mol. The topological polar surface area (TPSA) is 49.4 Å². The van der Waals surface area contributed by atoms with Crippen molar-refractivity contribution in [3.8, 4) is 0 Å². The van der Waals surface area contributed by atoms with Crippen molar-refractivity contribution in [2.24, 2.45) is 0 Å². The summed E-state index contributed by atoms with van der Waals surface area (Å²) in [5.74, 6) is 0.0699. The summed E-state index contributed by atoms with van der Waals surface area (Å²) in [5.41, 5.74) is -0.247. The van der Waals surface area contributed by atoms with Crippen LogP contribution < -0.4 is 5.32 Å². The van der Waals surface area contributed by atoms with Gasteiger partial charge in [-0.05, 0) is 40.5 Å². The second kappa shape index (κ2) is 5.23. The van der Waals surface area contributed by atoms with Crippen LogP contribution in [0.25, 0.3) is 0 Å². The summed E-state index contributed by atoms with van der Waals surface area (Å²) in [6, 6.07) is 0. The largest absolute Gasteiger partial charge is 0.340 e. The van der Waals surface area contributed by atoms with Crippen LogP contribution in [0.3, 0.4) is 0 Å². The van der Waals surface area contributed by atoms with Crippen LogP contribution in [0.15, 0.2) is 11.6 Å². The number of nitrogens with one attached hydrogen (secondary N) is 1. The van der Waals surface area contributed by atoms with Crippen LogP contribution in [0.5, 0.6) is 0 Å².